The van der Waals surface area contributed by atoms with Crippen LogP contribution in [0.1, 0.15) is 39.0 Å². The third-order valence-corrected chi connectivity index (χ3v) is 7.26. The Morgan fingerprint density at radius 1 is 1.31 bits per heavy atom. The number of fused-ring (bicyclic) bond motifs is 1. The van der Waals surface area contributed by atoms with E-state index in [9.17, 15) is 13.5 Å². The van der Waals surface area contributed by atoms with Crippen molar-refractivity contribution in [1.82, 2.24) is 19.1 Å². The van der Waals surface area contributed by atoms with Crippen LogP contribution in [0.3, 0.4) is 0 Å². The predicted octanol–water partition coefficient (Wildman–Crippen LogP) is -1.10. The summed E-state index contributed by atoms with van der Waals surface area (Å²) >= 11 is 1.66. The Bertz CT molecular complexity index is 889. The molecule has 1 aliphatic heterocycles. The molecule has 1 aliphatic rings. The normalized spacial score (nSPS) is 14.3. The van der Waals surface area contributed by atoms with Crippen LogP contribution in [0.5, 0.6) is 5.88 Å². The molecule has 0 saturated carbocycles. The molecule has 0 aliphatic carbocycles. The summed E-state index contributed by atoms with van der Waals surface area (Å²) in [7, 11) is -3.65. The van der Waals surface area contributed by atoms with Crippen LogP contribution in [0.15, 0.2) is 23.2 Å². The molecule has 0 unspecified atom stereocenters. The van der Waals surface area contributed by atoms with E-state index in [0.717, 1.165) is 11.4 Å². The van der Waals surface area contributed by atoms with Crippen molar-refractivity contribution in [3.8, 4) is 11.7 Å². The number of aromatic nitrogens is 3. The third kappa shape index (κ3) is 3.83. The second kappa shape index (κ2) is 7.81. The Morgan fingerprint density at radius 2 is 2.00 bits per heavy atom. The van der Waals surface area contributed by atoms with Crippen LogP contribution >= 0.6 is 11.8 Å². The van der Waals surface area contributed by atoms with Crippen molar-refractivity contribution in [3.63, 3.8) is 0 Å². The van der Waals surface area contributed by atoms with E-state index in [4.69, 9.17) is 0 Å². The SMILES string of the molecule is CCN(C(C)(C)C)S(=O)(=O)c1ccc(-n2nc3c(c2[O-])CSC3)nc1.[Na+]. The maximum atomic E-state index is 12.8. The maximum absolute atomic E-state index is 12.8. The third-order valence-electron chi connectivity index (χ3n) is 4.07. The van der Waals surface area contributed by atoms with Crippen LogP contribution in [-0.4, -0.2) is 39.6 Å². The summed E-state index contributed by atoms with van der Waals surface area (Å²) < 4.78 is 28.4. The number of sulfonamides is 1. The van der Waals surface area contributed by atoms with Gasteiger partial charge in [-0.2, -0.15) is 21.2 Å². The zero-order chi connectivity index (χ0) is 18.4. The topological polar surface area (TPSA) is 91.2 Å². The molecule has 26 heavy (non-hydrogen) atoms. The number of rotatable bonds is 4. The Morgan fingerprint density at radius 3 is 2.50 bits per heavy atom. The molecule has 10 heteroatoms. The molecule has 0 N–H and O–H groups in total. The van der Waals surface area contributed by atoms with Gasteiger partial charge in [-0.3, -0.25) is 0 Å². The summed E-state index contributed by atoms with van der Waals surface area (Å²) in [5.74, 6) is 1.55. The van der Waals surface area contributed by atoms with Crippen LogP contribution in [0.4, 0.5) is 0 Å². The summed E-state index contributed by atoms with van der Waals surface area (Å²) in [5.41, 5.74) is 0.973. The Hall–Kier alpha value is -0.580. The summed E-state index contributed by atoms with van der Waals surface area (Å²) in [4.78, 5) is 4.28. The van der Waals surface area contributed by atoms with Gasteiger partial charge in [0.1, 0.15) is 4.90 Å². The van der Waals surface area contributed by atoms with Crippen molar-refractivity contribution in [2.24, 2.45) is 0 Å². The maximum Gasteiger partial charge on any atom is 1.00 e. The van der Waals surface area contributed by atoms with E-state index in [0.29, 0.717) is 23.7 Å². The first-order valence-electron chi connectivity index (χ1n) is 8.01. The molecule has 7 nitrogen and oxygen atoms in total. The smallest absolute Gasteiger partial charge is 0.858 e. The molecule has 2 aromatic heterocycles. The molecule has 0 bridgehead atoms. The number of hydrogen-bond acceptors (Lipinski definition) is 6. The van der Waals surface area contributed by atoms with E-state index in [-0.39, 0.29) is 40.3 Å². The fourth-order valence-corrected chi connectivity index (χ4v) is 5.69. The molecule has 0 fully saturated rings. The van der Waals surface area contributed by atoms with E-state index in [1.165, 1.54) is 27.3 Å². The second-order valence-corrected chi connectivity index (χ2v) is 9.68. The number of thioether (sulfide) groups is 1. The van der Waals surface area contributed by atoms with Crippen molar-refractivity contribution in [1.29, 1.82) is 0 Å². The van der Waals surface area contributed by atoms with Crippen molar-refractivity contribution in [2.75, 3.05) is 6.54 Å². The average molecular weight is 404 g/mol. The van der Waals surface area contributed by atoms with Crippen LogP contribution in [0.25, 0.3) is 5.82 Å². The summed E-state index contributed by atoms with van der Waals surface area (Å²) in [6.45, 7) is 7.72. The van der Waals surface area contributed by atoms with Gasteiger partial charge in [0.25, 0.3) is 0 Å². The van der Waals surface area contributed by atoms with E-state index in [1.807, 2.05) is 20.8 Å². The van der Waals surface area contributed by atoms with Gasteiger partial charge in [0.15, 0.2) is 5.82 Å². The van der Waals surface area contributed by atoms with Crippen LogP contribution < -0.4 is 34.7 Å². The van der Waals surface area contributed by atoms with E-state index < -0.39 is 15.6 Å². The molecule has 136 valence electrons. The van der Waals surface area contributed by atoms with Crippen molar-refractivity contribution < 1.29 is 43.1 Å². The molecule has 3 heterocycles. The molecular formula is C16H21N4NaO3S2. The zero-order valence-corrected chi connectivity index (χ0v) is 19.3. The number of nitrogens with zero attached hydrogens (tertiary/aromatic N) is 4. The quantitative estimate of drug-likeness (QED) is 0.601. The van der Waals surface area contributed by atoms with Gasteiger partial charge in [0.2, 0.25) is 10.0 Å². The standard InChI is InChI=1S/C16H22N4O3S2.Na/c1-5-19(16(2,3)4)25(22,23)11-6-7-14(17-8-11)20-15(21)12-9-24-10-13(12)18-20;/h6-8,21H,5,9-10H2,1-4H3;/q;+1/p-1. The van der Waals surface area contributed by atoms with Gasteiger partial charge in [0.05, 0.1) is 5.69 Å². The Labute approximate surface area is 180 Å². The molecule has 0 aromatic carbocycles. The Kier molecular flexibility index (Phi) is 6.52. The van der Waals surface area contributed by atoms with Gasteiger partial charge in [-0.25, -0.2) is 18.1 Å². The van der Waals surface area contributed by atoms with Gasteiger partial charge >= 0.3 is 29.6 Å². The van der Waals surface area contributed by atoms with Gasteiger partial charge in [-0.05, 0) is 44.3 Å². The van der Waals surface area contributed by atoms with E-state index >= 15 is 0 Å². The zero-order valence-electron chi connectivity index (χ0n) is 15.7. The van der Waals surface area contributed by atoms with Gasteiger partial charge in [-0.15, -0.1) is 0 Å². The Balaban J connectivity index is 0.00000243. The van der Waals surface area contributed by atoms with Gasteiger partial charge in [-0.1, -0.05) is 6.92 Å². The second-order valence-electron chi connectivity index (χ2n) is 6.83. The van der Waals surface area contributed by atoms with Crippen molar-refractivity contribution in [3.05, 3.63) is 29.6 Å². The van der Waals surface area contributed by atoms with Crippen LogP contribution in [0, 0.1) is 0 Å². The molecule has 2 aromatic rings. The average Bonchev–Trinajstić information content (AvgIpc) is 3.10. The summed E-state index contributed by atoms with van der Waals surface area (Å²) in [5, 5.41) is 16.7. The minimum absolute atomic E-state index is 0. The first-order chi connectivity index (χ1) is 11.7. The van der Waals surface area contributed by atoms with Crippen molar-refractivity contribution >= 4 is 21.8 Å². The van der Waals surface area contributed by atoms with E-state index in [2.05, 4.69) is 10.1 Å². The fourth-order valence-electron chi connectivity index (χ4n) is 2.93. The molecule has 0 saturated heterocycles. The number of hydrogen-bond donors (Lipinski definition) is 0. The first-order valence-corrected chi connectivity index (χ1v) is 10.6. The minimum atomic E-state index is -3.65. The first kappa shape index (κ1) is 21.7. The van der Waals surface area contributed by atoms with Crippen LogP contribution in [0.2, 0.25) is 0 Å². The molecule has 0 amide bonds. The molecule has 0 radical (unpaired) electrons. The monoisotopic (exact) mass is 404 g/mol. The molecule has 3 rings (SSSR count). The fraction of sp³-hybridized carbons (Fsp3) is 0.500. The van der Waals surface area contributed by atoms with Crippen molar-refractivity contribution in [2.45, 2.75) is 49.6 Å². The summed E-state index contributed by atoms with van der Waals surface area (Å²) in [6, 6.07) is 3.01. The molecule has 0 atom stereocenters. The van der Waals surface area contributed by atoms with E-state index in [1.54, 1.807) is 18.7 Å². The molecular weight excluding hydrogens is 383 g/mol. The minimum Gasteiger partial charge on any atom is -0.858 e. The van der Waals surface area contributed by atoms with Gasteiger partial charge in [0, 0.05) is 29.8 Å². The van der Waals surface area contributed by atoms with Gasteiger partial charge < -0.3 is 5.11 Å². The summed E-state index contributed by atoms with van der Waals surface area (Å²) in [6.07, 6.45) is 1.29. The largest absolute Gasteiger partial charge is 1.00 e. The number of pyridine rings is 1. The predicted molar refractivity (Wildman–Crippen MR) is 95.1 cm³/mol. The van der Waals surface area contributed by atoms with Crippen LogP contribution in [-0.2, 0) is 21.5 Å². The molecule has 0 spiro atoms.